The Morgan fingerprint density at radius 3 is 2.66 bits per heavy atom. The lowest BCUT2D eigenvalue weighted by Gasteiger charge is -2.11. The quantitative estimate of drug-likeness (QED) is 0.412. The molecule has 0 aliphatic rings. The average Bonchev–Trinajstić information content (AvgIpc) is 2.71. The molecular weight excluding hydrogens is 380 g/mol. The van der Waals surface area contributed by atoms with E-state index in [1.807, 2.05) is 36.4 Å². The molecule has 0 unspecified atom stereocenters. The molecule has 1 aromatic heterocycles. The van der Waals surface area contributed by atoms with Crippen LogP contribution in [0.2, 0.25) is 0 Å². The topological polar surface area (TPSA) is 65.5 Å². The SMILES string of the molecule is Cc1ccc(OC(F)F)c(C(=O)COC(=O)CCc2ccc3ccccc3n2)c1. The highest BCUT2D eigenvalue weighted by Crippen LogP contribution is 2.23. The molecule has 0 aliphatic heterocycles. The fraction of sp³-hybridized carbons (Fsp3) is 0.227. The van der Waals surface area contributed by atoms with E-state index in [1.165, 1.54) is 12.1 Å². The van der Waals surface area contributed by atoms with Gasteiger partial charge in [-0.05, 0) is 31.2 Å². The second-order valence-electron chi connectivity index (χ2n) is 6.46. The zero-order chi connectivity index (χ0) is 20.8. The van der Waals surface area contributed by atoms with E-state index in [0.717, 1.165) is 16.6 Å². The summed E-state index contributed by atoms with van der Waals surface area (Å²) in [6.07, 6.45) is 0.412. The lowest BCUT2D eigenvalue weighted by atomic mass is 10.1. The van der Waals surface area contributed by atoms with Crippen molar-refractivity contribution in [2.45, 2.75) is 26.4 Å². The third-order valence-corrected chi connectivity index (χ3v) is 4.26. The van der Waals surface area contributed by atoms with E-state index < -0.39 is 25.0 Å². The molecule has 5 nitrogen and oxygen atoms in total. The largest absolute Gasteiger partial charge is 0.457 e. The standard InChI is InChI=1S/C22H19F2NO4/c1-14-6-10-20(29-22(23)24)17(12-14)19(26)13-28-21(27)11-9-16-8-7-15-4-2-3-5-18(15)25-16/h2-8,10,12,22H,9,11,13H2,1H3. The van der Waals surface area contributed by atoms with Crippen LogP contribution in [0.5, 0.6) is 5.75 Å². The number of para-hydroxylation sites is 1. The predicted octanol–water partition coefficient (Wildman–Crippen LogP) is 4.50. The van der Waals surface area contributed by atoms with Crippen LogP contribution in [0, 0.1) is 6.92 Å². The summed E-state index contributed by atoms with van der Waals surface area (Å²) in [5.74, 6) is -1.43. The molecule has 0 N–H and O–H groups in total. The van der Waals surface area contributed by atoms with Crippen LogP contribution in [-0.4, -0.2) is 30.0 Å². The van der Waals surface area contributed by atoms with Crippen LogP contribution in [0.4, 0.5) is 8.78 Å². The number of Topliss-reactive ketones (excluding diaryl/α,β-unsaturated/α-hetero) is 1. The maximum atomic E-state index is 12.5. The number of benzene rings is 2. The van der Waals surface area contributed by atoms with Crippen LogP contribution in [0.1, 0.15) is 28.0 Å². The average molecular weight is 399 g/mol. The van der Waals surface area contributed by atoms with Gasteiger partial charge in [-0.1, -0.05) is 35.9 Å². The summed E-state index contributed by atoms with van der Waals surface area (Å²) in [6.45, 7) is -1.89. The lowest BCUT2D eigenvalue weighted by Crippen LogP contribution is -2.16. The number of pyridine rings is 1. The molecule has 0 saturated carbocycles. The van der Waals surface area contributed by atoms with Gasteiger partial charge in [0.05, 0.1) is 17.5 Å². The van der Waals surface area contributed by atoms with E-state index in [-0.39, 0.29) is 17.7 Å². The van der Waals surface area contributed by atoms with E-state index in [4.69, 9.17) is 4.74 Å². The fourth-order valence-electron chi connectivity index (χ4n) is 2.83. The van der Waals surface area contributed by atoms with Gasteiger partial charge in [0.2, 0.25) is 5.78 Å². The number of halogens is 2. The summed E-state index contributed by atoms with van der Waals surface area (Å²) < 4.78 is 34.4. The molecule has 0 fully saturated rings. The Morgan fingerprint density at radius 2 is 1.86 bits per heavy atom. The van der Waals surface area contributed by atoms with Gasteiger partial charge in [0.25, 0.3) is 0 Å². The molecule has 0 amide bonds. The van der Waals surface area contributed by atoms with Gasteiger partial charge in [-0.3, -0.25) is 14.6 Å². The maximum Gasteiger partial charge on any atom is 0.387 e. The predicted molar refractivity (Wildman–Crippen MR) is 103 cm³/mol. The van der Waals surface area contributed by atoms with Crippen molar-refractivity contribution in [3.63, 3.8) is 0 Å². The van der Waals surface area contributed by atoms with Gasteiger partial charge < -0.3 is 9.47 Å². The molecule has 0 bridgehead atoms. The maximum absolute atomic E-state index is 12.5. The third kappa shape index (κ3) is 5.57. The number of rotatable bonds is 8. The first-order valence-corrected chi connectivity index (χ1v) is 9.01. The Hall–Kier alpha value is -3.35. The van der Waals surface area contributed by atoms with Crippen molar-refractivity contribution in [2.24, 2.45) is 0 Å². The summed E-state index contributed by atoms with van der Waals surface area (Å²) in [6, 6.07) is 15.7. The van der Waals surface area contributed by atoms with Gasteiger partial charge in [-0.25, -0.2) is 0 Å². The van der Waals surface area contributed by atoms with Gasteiger partial charge in [-0.2, -0.15) is 8.78 Å². The van der Waals surface area contributed by atoms with Gasteiger partial charge in [0.1, 0.15) is 5.75 Å². The number of carbonyl (C=O) groups is 2. The number of aromatic nitrogens is 1. The van der Waals surface area contributed by atoms with Gasteiger partial charge in [0.15, 0.2) is 6.61 Å². The van der Waals surface area contributed by atoms with Crippen molar-refractivity contribution in [3.05, 3.63) is 71.4 Å². The summed E-state index contributed by atoms with van der Waals surface area (Å²) in [5, 5.41) is 1.00. The van der Waals surface area contributed by atoms with Gasteiger partial charge in [-0.15, -0.1) is 0 Å². The monoisotopic (exact) mass is 399 g/mol. The van der Waals surface area contributed by atoms with Crippen molar-refractivity contribution >= 4 is 22.7 Å². The number of ketones is 1. The fourth-order valence-corrected chi connectivity index (χ4v) is 2.83. The second kappa shape index (κ2) is 9.23. The zero-order valence-corrected chi connectivity index (χ0v) is 15.7. The summed E-state index contributed by atoms with van der Waals surface area (Å²) in [5.41, 5.74) is 2.22. The number of nitrogens with zero attached hydrogens (tertiary/aromatic N) is 1. The van der Waals surface area contributed by atoms with Crippen molar-refractivity contribution in [2.75, 3.05) is 6.61 Å². The summed E-state index contributed by atoms with van der Waals surface area (Å²) >= 11 is 0. The molecule has 1 heterocycles. The zero-order valence-electron chi connectivity index (χ0n) is 15.7. The minimum absolute atomic E-state index is 0.0469. The molecule has 150 valence electrons. The molecule has 2 aromatic carbocycles. The first-order chi connectivity index (χ1) is 13.9. The molecule has 3 aromatic rings. The van der Waals surface area contributed by atoms with E-state index in [1.54, 1.807) is 13.0 Å². The number of esters is 1. The molecule has 29 heavy (non-hydrogen) atoms. The van der Waals surface area contributed by atoms with Gasteiger partial charge >= 0.3 is 12.6 Å². The molecule has 7 heteroatoms. The van der Waals surface area contributed by atoms with E-state index in [9.17, 15) is 18.4 Å². The summed E-state index contributed by atoms with van der Waals surface area (Å²) in [4.78, 5) is 28.8. The highest BCUT2D eigenvalue weighted by atomic mass is 19.3. The number of ether oxygens (including phenoxy) is 2. The third-order valence-electron chi connectivity index (χ3n) is 4.26. The van der Waals surface area contributed by atoms with Crippen molar-refractivity contribution in [1.29, 1.82) is 0 Å². The molecule has 0 radical (unpaired) electrons. The lowest BCUT2D eigenvalue weighted by molar-refractivity contribution is -0.142. The Morgan fingerprint density at radius 1 is 1.07 bits per heavy atom. The Balaban J connectivity index is 1.56. The highest BCUT2D eigenvalue weighted by Gasteiger charge is 2.18. The Kier molecular flexibility index (Phi) is 6.49. The molecule has 0 aliphatic carbocycles. The van der Waals surface area contributed by atoms with E-state index in [0.29, 0.717) is 12.0 Å². The molecule has 3 rings (SSSR count). The number of alkyl halides is 2. The number of fused-ring (bicyclic) bond motifs is 1. The minimum atomic E-state index is -3.05. The first-order valence-electron chi connectivity index (χ1n) is 9.01. The van der Waals surface area contributed by atoms with Crippen LogP contribution in [0.25, 0.3) is 10.9 Å². The van der Waals surface area contributed by atoms with Crippen LogP contribution >= 0.6 is 0 Å². The number of hydrogen-bond donors (Lipinski definition) is 0. The van der Waals surface area contributed by atoms with Gasteiger partial charge in [0, 0.05) is 17.5 Å². The van der Waals surface area contributed by atoms with Crippen molar-refractivity contribution in [1.82, 2.24) is 4.98 Å². The van der Waals surface area contributed by atoms with E-state index >= 15 is 0 Å². The Bertz CT molecular complexity index is 1040. The van der Waals surface area contributed by atoms with Crippen LogP contribution in [0.3, 0.4) is 0 Å². The molecule has 0 spiro atoms. The highest BCUT2D eigenvalue weighted by molar-refractivity contribution is 6.00. The van der Waals surface area contributed by atoms with Crippen LogP contribution in [-0.2, 0) is 16.0 Å². The molecule has 0 saturated heterocycles. The number of carbonyl (C=O) groups excluding carboxylic acids is 2. The second-order valence-corrected chi connectivity index (χ2v) is 6.46. The summed E-state index contributed by atoms with van der Waals surface area (Å²) in [7, 11) is 0. The smallest absolute Gasteiger partial charge is 0.387 e. The van der Waals surface area contributed by atoms with Crippen LogP contribution in [0.15, 0.2) is 54.6 Å². The van der Waals surface area contributed by atoms with Crippen molar-refractivity contribution < 1.29 is 27.8 Å². The van der Waals surface area contributed by atoms with Crippen molar-refractivity contribution in [3.8, 4) is 5.75 Å². The Labute approximate surface area is 166 Å². The molecular formula is C22H19F2NO4. The first kappa shape index (κ1) is 20.4. The van der Waals surface area contributed by atoms with E-state index in [2.05, 4.69) is 9.72 Å². The number of hydrogen-bond acceptors (Lipinski definition) is 5. The minimum Gasteiger partial charge on any atom is -0.457 e. The molecule has 0 atom stereocenters. The number of aryl methyl sites for hydroxylation is 2. The van der Waals surface area contributed by atoms with Crippen LogP contribution < -0.4 is 4.74 Å². The normalized spacial score (nSPS) is 10.9.